The molecule has 262 valence electrons. The summed E-state index contributed by atoms with van der Waals surface area (Å²) in [5.74, 6) is 0. The third-order valence-corrected chi connectivity index (χ3v) is 11.3. The highest BCUT2D eigenvalue weighted by Crippen LogP contribution is 2.47. The second-order valence-electron chi connectivity index (χ2n) is 17.1. The number of benzene rings is 9. The average molecular weight is 695 g/mol. The summed E-state index contributed by atoms with van der Waals surface area (Å²) in [6.07, 6.45) is 0. The fourth-order valence-corrected chi connectivity index (χ4v) is 8.22. The third kappa shape index (κ3) is 6.06. The summed E-state index contributed by atoms with van der Waals surface area (Å²) in [5.41, 5.74) is 12.7. The SMILES string of the molecule is CC(C)(C)c1ccc2c(-c3ccc4ccccc4c3)c3cc(C(C)(C)C)ccc3c(-c3cccc(-c4ccc5cc(-c6ccccc6)ccc5c4)c3)c2c1. The maximum Gasteiger partial charge on any atom is -0.00260 e. The van der Waals surface area contributed by atoms with Crippen molar-refractivity contribution in [2.24, 2.45) is 0 Å². The molecule has 0 saturated heterocycles. The monoisotopic (exact) mass is 694 g/mol. The highest BCUT2D eigenvalue weighted by atomic mass is 14.3. The normalized spacial score (nSPS) is 12.3. The number of rotatable bonds is 4. The molecule has 9 rings (SSSR count). The van der Waals surface area contributed by atoms with Gasteiger partial charge in [0, 0.05) is 0 Å². The van der Waals surface area contributed by atoms with Crippen molar-refractivity contribution in [3.8, 4) is 44.5 Å². The van der Waals surface area contributed by atoms with E-state index in [4.69, 9.17) is 0 Å². The van der Waals surface area contributed by atoms with Crippen LogP contribution in [0.3, 0.4) is 0 Å². The number of hydrogen-bond acceptors (Lipinski definition) is 0. The van der Waals surface area contributed by atoms with Crippen molar-refractivity contribution < 1.29 is 0 Å². The molecule has 0 aliphatic carbocycles. The molecule has 0 heteroatoms. The lowest BCUT2D eigenvalue weighted by molar-refractivity contribution is 0.590. The van der Waals surface area contributed by atoms with Crippen LogP contribution in [-0.2, 0) is 10.8 Å². The Kier molecular flexibility index (Phi) is 8.05. The van der Waals surface area contributed by atoms with Gasteiger partial charge in [0.15, 0.2) is 0 Å². The van der Waals surface area contributed by atoms with Gasteiger partial charge in [0.1, 0.15) is 0 Å². The van der Waals surface area contributed by atoms with Gasteiger partial charge >= 0.3 is 0 Å². The van der Waals surface area contributed by atoms with Gasteiger partial charge in [-0.05, 0) is 146 Å². The molecule has 9 aromatic rings. The molecule has 0 unspecified atom stereocenters. The smallest absolute Gasteiger partial charge is 0.00260 e. The largest absolute Gasteiger partial charge is 0.0622 e. The summed E-state index contributed by atoms with van der Waals surface area (Å²) in [4.78, 5) is 0. The molecule has 0 aromatic heterocycles. The molecular formula is C54H46. The Hall–Kier alpha value is -5.98. The van der Waals surface area contributed by atoms with Crippen LogP contribution in [0.2, 0.25) is 0 Å². The molecule has 0 heterocycles. The Morgan fingerprint density at radius 3 is 1.26 bits per heavy atom. The van der Waals surface area contributed by atoms with Crippen molar-refractivity contribution in [3.05, 3.63) is 181 Å². The summed E-state index contributed by atoms with van der Waals surface area (Å²) >= 11 is 0. The molecule has 0 aliphatic heterocycles. The minimum atomic E-state index is 0.00689. The zero-order valence-corrected chi connectivity index (χ0v) is 32.2. The highest BCUT2D eigenvalue weighted by Gasteiger charge is 2.23. The molecule has 0 saturated carbocycles. The predicted molar refractivity (Wildman–Crippen MR) is 236 cm³/mol. The van der Waals surface area contributed by atoms with E-state index in [1.165, 1.54) is 98.7 Å². The summed E-state index contributed by atoms with van der Waals surface area (Å²) in [6.45, 7) is 13.9. The van der Waals surface area contributed by atoms with Crippen LogP contribution in [0.5, 0.6) is 0 Å². The van der Waals surface area contributed by atoms with Gasteiger partial charge in [-0.15, -0.1) is 0 Å². The molecule has 0 radical (unpaired) electrons. The third-order valence-electron chi connectivity index (χ3n) is 11.3. The maximum atomic E-state index is 2.47. The fourth-order valence-electron chi connectivity index (χ4n) is 8.22. The first kappa shape index (κ1) is 33.8. The lowest BCUT2D eigenvalue weighted by Crippen LogP contribution is -2.11. The van der Waals surface area contributed by atoms with E-state index >= 15 is 0 Å². The molecule has 0 nitrogen and oxygen atoms in total. The van der Waals surface area contributed by atoms with Crippen molar-refractivity contribution in [3.63, 3.8) is 0 Å². The van der Waals surface area contributed by atoms with E-state index in [9.17, 15) is 0 Å². The van der Waals surface area contributed by atoms with Crippen LogP contribution < -0.4 is 0 Å². The van der Waals surface area contributed by atoms with Crippen molar-refractivity contribution >= 4 is 43.1 Å². The van der Waals surface area contributed by atoms with Crippen molar-refractivity contribution in [2.75, 3.05) is 0 Å². The zero-order chi connectivity index (χ0) is 37.2. The Labute approximate surface area is 319 Å². The second kappa shape index (κ2) is 12.9. The quantitative estimate of drug-likeness (QED) is 0.161. The average Bonchev–Trinajstić information content (AvgIpc) is 3.18. The second-order valence-corrected chi connectivity index (χ2v) is 17.1. The molecule has 9 aromatic carbocycles. The van der Waals surface area contributed by atoms with Gasteiger partial charge < -0.3 is 0 Å². The van der Waals surface area contributed by atoms with Crippen LogP contribution in [-0.4, -0.2) is 0 Å². The minimum Gasteiger partial charge on any atom is -0.0622 e. The molecule has 0 N–H and O–H groups in total. The van der Waals surface area contributed by atoms with E-state index in [2.05, 4.69) is 211 Å². The summed E-state index contributed by atoms with van der Waals surface area (Å²) < 4.78 is 0. The summed E-state index contributed by atoms with van der Waals surface area (Å²) in [7, 11) is 0. The van der Waals surface area contributed by atoms with Crippen LogP contribution in [0.15, 0.2) is 170 Å². The van der Waals surface area contributed by atoms with E-state index in [-0.39, 0.29) is 10.8 Å². The van der Waals surface area contributed by atoms with Gasteiger partial charge in [0.2, 0.25) is 0 Å². The standard InChI is InChI=1S/C54H46/c1-53(2,3)45-26-28-48-49(33-45)51(47-27-25-46(54(4,5)6)34-50(47)52(48)44-24-19-36-15-10-11-16-37(36)31-44)43-18-12-17-38(32-43)40-22-23-41-29-39(20-21-42(41)30-40)35-13-8-7-9-14-35/h7-34H,1-6H3. The molecule has 0 amide bonds. The van der Waals surface area contributed by atoms with E-state index in [1.807, 2.05) is 0 Å². The molecule has 0 atom stereocenters. The van der Waals surface area contributed by atoms with Crippen molar-refractivity contribution in [1.29, 1.82) is 0 Å². The Balaban J connectivity index is 1.29. The van der Waals surface area contributed by atoms with Gasteiger partial charge in [-0.25, -0.2) is 0 Å². The van der Waals surface area contributed by atoms with E-state index in [1.54, 1.807) is 0 Å². The lowest BCUT2D eigenvalue weighted by atomic mass is 9.79. The minimum absolute atomic E-state index is 0.00689. The molecular weight excluding hydrogens is 649 g/mol. The van der Waals surface area contributed by atoms with E-state index < -0.39 is 0 Å². The lowest BCUT2D eigenvalue weighted by Gasteiger charge is -2.25. The summed E-state index contributed by atoms with van der Waals surface area (Å²) in [6, 6.07) is 63.7. The first-order chi connectivity index (χ1) is 26.0. The molecule has 0 aliphatic rings. The predicted octanol–water partition coefficient (Wildman–Crippen LogP) is 15.6. The number of fused-ring (bicyclic) bond motifs is 4. The Morgan fingerprint density at radius 2 is 0.667 bits per heavy atom. The van der Waals surface area contributed by atoms with Gasteiger partial charge in [0.25, 0.3) is 0 Å². The molecule has 0 spiro atoms. The maximum absolute atomic E-state index is 2.47. The van der Waals surface area contributed by atoms with E-state index in [0.717, 1.165) is 0 Å². The van der Waals surface area contributed by atoms with Crippen LogP contribution in [0.1, 0.15) is 52.7 Å². The highest BCUT2D eigenvalue weighted by molar-refractivity contribution is 6.22. The first-order valence-corrected chi connectivity index (χ1v) is 19.2. The van der Waals surface area contributed by atoms with Gasteiger partial charge in [-0.3, -0.25) is 0 Å². The Morgan fingerprint density at radius 1 is 0.259 bits per heavy atom. The zero-order valence-electron chi connectivity index (χ0n) is 32.2. The van der Waals surface area contributed by atoms with Crippen LogP contribution in [0.25, 0.3) is 87.6 Å². The molecule has 54 heavy (non-hydrogen) atoms. The topological polar surface area (TPSA) is 0 Å². The van der Waals surface area contributed by atoms with Crippen LogP contribution in [0, 0.1) is 0 Å². The molecule has 0 bridgehead atoms. The van der Waals surface area contributed by atoms with Crippen molar-refractivity contribution in [1.82, 2.24) is 0 Å². The Bertz CT molecular complexity index is 2870. The number of hydrogen-bond donors (Lipinski definition) is 0. The van der Waals surface area contributed by atoms with Crippen LogP contribution >= 0.6 is 0 Å². The summed E-state index contributed by atoms with van der Waals surface area (Å²) in [5, 5.41) is 10.2. The first-order valence-electron chi connectivity index (χ1n) is 19.2. The molecule has 0 fully saturated rings. The van der Waals surface area contributed by atoms with Crippen LogP contribution in [0.4, 0.5) is 0 Å². The fraction of sp³-hybridized carbons (Fsp3) is 0.148. The van der Waals surface area contributed by atoms with Gasteiger partial charge in [-0.1, -0.05) is 175 Å². The van der Waals surface area contributed by atoms with Crippen molar-refractivity contribution in [2.45, 2.75) is 52.4 Å². The van der Waals surface area contributed by atoms with Gasteiger partial charge in [0.05, 0.1) is 0 Å². The van der Waals surface area contributed by atoms with Gasteiger partial charge in [-0.2, -0.15) is 0 Å². The van der Waals surface area contributed by atoms with E-state index in [0.29, 0.717) is 0 Å².